The molecule has 0 radical (unpaired) electrons. The molecule has 0 spiro atoms. The van der Waals surface area contributed by atoms with Crippen LogP contribution in [0.5, 0.6) is 0 Å². The number of halogens is 4. The van der Waals surface area contributed by atoms with Gasteiger partial charge in [0.2, 0.25) is 0 Å². The summed E-state index contributed by atoms with van der Waals surface area (Å²) in [6.45, 7) is 3.57. The number of aromatic nitrogens is 3. The van der Waals surface area contributed by atoms with Gasteiger partial charge in [-0.15, -0.1) is 5.10 Å². The van der Waals surface area contributed by atoms with E-state index in [0.717, 1.165) is 22.0 Å². The summed E-state index contributed by atoms with van der Waals surface area (Å²) >= 11 is 3.37. The Hall–Kier alpha value is -2.22. The van der Waals surface area contributed by atoms with E-state index < -0.39 is 11.7 Å². The molecule has 1 N–H and O–H groups in total. The molecule has 1 atom stereocenters. The molecule has 1 unspecified atom stereocenters. The van der Waals surface area contributed by atoms with Crippen molar-refractivity contribution >= 4 is 32.7 Å². The molecule has 1 aromatic carbocycles. The lowest BCUT2D eigenvalue weighted by Gasteiger charge is -2.17. The Labute approximate surface area is 150 Å². The Morgan fingerprint density at radius 1 is 1.16 bits per heavy atom. The maximum absolute atomic E-state index is 12.9. The van der Waals surface area contributed by atoms with E-state index in [1.807, 2.05) is 6.07 Å². The fourth-order valence-corrected chi connectivity index (χ4v) is 2.84. The van der Waals surface area contributed by atoms with Crippen molar-refractivity contribution in [3.8, 4) is 0 Å². The van der Waals surface area contributed by atoms with E-state index in [4.69, 9.17) is 0 Å². The van der Waals surface area contributed by atoms with Gasteiger partial charge in [0.1, 0.15) is 0 Å². The smallest absolute Gasteiger partial charge is 0.361 e. The largest absolute Gasteiger partial charge is 0.416 e. The molecule has 0 aliphatic heterocycles. The minimum Gasteiger partial charge on any atom is -0.361 e. The predicted octanol–water partition coefficient (Wildman–Crippen LogP) is 5.29. The zero-order valence-corrected chi connectivity index (χ0v) is 15.0. The predicted molar refractivity (Wildman–Crippen MR) is 93.3 cm³/mol. The fourth-order valence-electron chi connectivity index (χ4n) is 2.51. The zero-order valence-electron chi connectivity index (χ0n) is 13.4. The van der Waals surface area contributed by atoms with Gasteiger partial charge in [0.05, 0.1) is 22.8 Å². The molecule has 8 heteroatoms. The molecule has 0 aliphatic carbocycles. The van der Waals surface area contributed by atoms with E-state index in [9.17, 15) is 13.2 Å². The third-order valence-electron chi connectivity index (χ3n) is 3.82. The Bertz CT molecular complexity index is 927. The number of benzene rings is 1. The maximum atomic E-state index is 12.9. The van der Waals surface area contributed by atoms with Gasteiger partial charge in [-0.1, -0.05) is 12.1 Å². The van der Waals surface area contributed by atoms with Crippen LogP contribution in [0, 0.1) is 6.92 Å². The van der Waals surface area contributed by atoms with Gasteiger partial charge in [-0.2, -0.15) is 18.3 Å². The third-order valence-corrected chi connectivity index (χ3v) is 4.25. The molecule has 25 heavy (non-hydrogen) atoms. The van der Waals surface area contributed by atoms with E-state index in [-0.39, 0.29) is 6.04 Å². The molecule has 3 rings (SSSR count). The number of pyridine rings is 1. The topological polar surface area (TPSA) is 50.7 Å². The minimum absolute atomic E-state index is 0.388. The van der Waals surface area contributed by atoms with Crippen molar-refractivity contribution in [1.82, 2.24) is 15.2 Å². The summed E-state index contributed by atoms with van der Waals surface area (Å²) < 4.78 is 39.5. The first-order valence-corrected chi connectivity index (χ1v) is 8.27. The van der Waals surface area contributed by atoms with E-state index in [2.05, 4.69) is 36.4 Å². The molecule has 0 aliphatic rings. The summed E-state index contributed by atoms with van der Waals surface area (Å²) in [5, 5.41) is 12.1. The molecule has 4 nitrogen and oxygen atoms in total. The molecule has 0 amide bonds. The van der Waals surface area contributed by atoms with Crippen LogP contribution in [0.4, 0.5) is 19.0 Å². The molecular weight excluding hydrogens is 397 g/mol. The molecular formula is C17H14BrF3N4. The van der Waals surface area contributed by atoms with Crippen molar-refractivity contribution in [2.75, 3.05) is 5.32 Å². The number of aryl methyl sites for hydroxylation is 1. The molecule has 2 heterocycles. The zero-order chi connectivity index (χ0) is 18.2. The van der Waals surface area contributed by atoms with Gasteiger partial charge in [-0.25, -0.2) is 0 Å². The second kappa shape index (κ2) is 6.59. The highest BCUT2D eigenvalue weighted by Gasteiger charge is 2.30. The Kier molecular flexibility index (Phi) is 4.64. The van der Waals surface area contributed by atoms with Crippen LogP contribution in [0.1, 0.15) is 29.8 Å². The van der Waals surface area contributed by atoms with Crippen LogP contribution in [0.25, 0.3) is 10.9 Å². The average molecular weight is 411 g/mol. The highest BCUT2D eigenvalue weighted by atomic mass is 79.9. The Morgan fingerprint density at radius 2 is 1.92 bits per heavy atom. The molecule has 0 bridgehead atoms. The van der Waals surface area contributed by atoms with Crippen molar-refractivity contribution in [2.24, 2.45) is 0 Å². The molecule has 3 aromatic rings. The second-order valence-corrected chi connectivity index (χ2v) is 6.59. The van der Waals surface area contributed by atoms with E-state index in [0.29, 0.717) is 22.6 Å². The maximum Gasteiger partial charge on any atom is 0.416 e. The molecule has 0 saturated carbocycles. The van der Waals surface area contributed by atoms with Gasteiger partial charge in [0.25, 0.3) is 0 Å². The van der Waals surface area contributed by atoms with Gasteiger partial charge in [0.15, 0.2) is 5.82 Å². The number of fused-ring (bicyclic) bond motifs is 1. The molecule has 130 valence electrons. The normalized spacial score (nSPS) is 13.0. The monoisotopic (exact) mass is 410 g/mol. The minimum atomic E-state index is -4.37. The van der Waals surface area contributed by atoms with Crippen molar-refractivity contribution in [3.63, 3.8) is 0 Å². The first-order chi connectivity index (χ1) is 11.8. The van der Waals surface area contributed by atoms with Gasteiger partial charge >= 0.3 is 6.18 Å². The number of hydrogen-bond donors (Lipinski definition) is 1. The van der Waals surface area contributed by atoms with Crippen LogP contribution in [-0.4, -0.2) is 15.2 Å². The van der Waals surface area contributed by atoms with Crippen molar-refractivity contribution in [3.05, 3.63) is 57.8 Å². The molecule has 0 fully saturated rings. The van der Waals surface area contributed by atoms with Gasteiger partial charge in [-0.05, 0) is 53.5 Å². The standard InChI is InChI=1S/C17H14BrF3N4/c1-9(11-4-3-5-12(6-11)17(19,20)21)23-16-14-7-13(18)8-22-15(14)10(2)24-25-16/h3-9H,1-2H3,(H,23,25). The summed E-state index contributed by atoms with van der Waals surface area (Å²) in [5.74, 6) is 0.472. The van der Waals surface area contributed by atoms with E-state index in [1.165, 1.54) is 6.07 Å². The van der Waals surface area contributed by atoms with Crippen molar-refractivity contribution in [1.29, 1.82) is 0 Å². The number of rotatable bonds is 3. The number of nitrogens with one attached hydrogen (secondary N) is 1. The Morgan fingerprint density at radius 3 is 2.64 bits per heavy atom. The third kappa shape index (κ3) is 3.73. The van der Waals surface area contributed by atoms with Crippen LogP contribution in [-0.2, 0) is 6.18 Å². The quantitative estimate of drug-likeness (QED) is 0.637. The van der Waals surface area contributed by atoms with Crippen LogP contribution >= 0.6 is 15.9 Å². The number of nitrogens with zero attached hydrogens (tertiary/aromatic N) is 3. The van der Waals surface area contributed by atoms with Crippen molar-refractivity contribution in [2.45, 2.75) is 26.1 Å². The Balaban J connectivity index is 1.96. The van der Waals surface area contributed by atoms with E-state index >= 15 is 0 Å². The highest BCUT2D eigenvalue weighted by molar-refractivity contribution is 9.10. The lowest BCUT2D eigenvalue weighted by molar-refractivity contribution is -0.137. The lowest BCUT2D eigenvalue weighted by atomic mass is 10.0. The number of anilines is 1. The van der Waals surface area contributed by atoms with Crippen LogP contribution in [0.15, 0.2) is 41.0 Å². The van der Waals surface area contributed by atoms with Crippen molar-refractivity contribution < 1.29 is 13.2 Å². The number of alkyl halides is 3. The summed E-state index contributed by atoms with van der Waals surface area (Å²) in [6, 6.07) is 6.69. The van der Waals surface area contributed by atoms with Gasteiger partial charge in [-0.3, -0.25) is 4.98 Å². The summed E-state index contributed by atoms with van der Waals surface area (Å²) in [6.07, 6.45) is -2.71. The fraction of sp³-hybridized carbons (Fsp3) is 0.235. The lowest BCUT2D eigenvalue weighted by Crippen LogP contribution is -2.12. The summed E-state index contributed by atoms with van der Waals surface area (Å²) in [7, 11) is 0. The SMILES string of the molecule is Cc1nnc(NC(C)c2cccc(C(F)(F)F)c2)c2cc(Br)cnc12. The summed E-state index contributed by atoms with van der Waals surface area (Å²) in [5.41, 5.74) is 1.20. The first-order valence-electron chi connectivity index (χ1n) is 7.48. The summed E-state index contributed by atoms with van der Waals surface area (Å²) in [4.78, 5) is 4.33. The number of hydrogen-bond acceptors (Lipinski definition) is 4. The highest BCUT2D eigenvalue weighted by Crippen LogP contribution is 2.32. The van der Waals surface area contributed by atoms with Crippen LogP contribution in [0.3, 0.4) is 0 Å². The average Bonchev–Trinajstić information content (AvgIpc) is 2.56. The second-order valence-electron chi connectivity index (χ2n) is 5.67. The van der Waals surface area contributed by atoms with Crippen LogP contribution < -0.4 is 5.32 Å². The first kappa shape index (κ1) is 17.6. The van der Waals surface area contributed by atoms with Gasteiger partial charge in [0, 0.05) is 16.1 Å². The van der Waals surface area contributed by atoms with E-state index in [1.54, 1.807) is 26.1 Å². The molecule has 0 saturated heterocycles. The van der Waals surface area contributed by atoms with Crippen LogP contribution in [0.2, 0.25) is 0 Å². The van der Waals surface area contributed by atoms with Gasteiger partial charge < -0.3 is 5.32 Å². The molecule has 2 aromatic heterocycles.